The molecule has 8 heteroatoms. The van der Waals surface area contributed by atoms with E-state index in [1.807, 2.05) is 6.92 Å². The Labute approximate surface area is 212 Å². The van der Waals surface area contributed by atoms with Crippen LogP contribution in [0.15, 0.2) is 71.6 Å². The molecule has 4 rings (SSSR count). The Hall–Kier alpha value is -3.65. The summed E-state index contributed by atoms with van der Waals surface area (Å²) >= 11 is 0. The van der Waals surface area contributed by atoms with E-state index in [1.165, 1.54) is 6.42 Å². The van der Waals surface area contributed by atoms with E-state index in [0.29, 0.717) is 28.1 Å². The highest BCUT2D eigenvalue weighted by Gasteiger charge is 2.21. The summed E-state index contributed by atoms with van der Waals surface area (Å²) in [5, 5.41) is 5.92. The molecule has 1 aliphatic rings. The average Bonchev–Trinajstić information content (AvgIpc) is 2.86. The topological polar surface area (TPSA) is 104 Å². The number of rotatable bonds is 7. The summed E-state index contributed by atoms with van der Waals surface area (Å²) in [6.07, 6.45) is 5.33. The summed E-state index contributed by atoms with van der Waals surface area (Å²) in [5.74, 6) is -0.643. The van der Waals surface area contributed by atoms with Gasteiger partial charge in [0.05, 0.1) is 21.8 Å². The molecule has 1 fully saturated rings. The van der Waals surface area contributed by atoms with Gasteiger partial charge in [-0.05, 0) is 68.7 Å². The lowest BCUT2D eigenvalue weighted by molar-refractivity contribution is 0.0928. The van der Waals surface area contributed by atoms with E-state index >= 15 is 0 Å². The molecule has 0 radical (unpaired) electrons. The third kappa shape index (κ3) is 5.94. The summed E-state index contributed by atoms with van der Waals surface area (Å²) in [6.45, 7) is 3.57. The number of carbonyl (C=O) groups is 2. The highest BCUT2D eigenvalue weighted by Crippen LogP contribution is 2.25. The molecule has 0 saturated heterocycles. The van der Waals surface area contributed by atoms with Crippen molar-refractivity contribution in [3.05, 3.63) is 89.0 Å². The predicted octanol–water partition coefficient (Wildman–Crippen LogP) is 5.42. The van der Waals surface area contributed by atoms with Crippen molar-refractivity contribution < 1.29 is 18.0 Å². The smallest absolute Gasteiger partial charge is 0.261 e. The maximum Gasteiger partial charge on any atom is 0.261 e. The second-order valence-electron chi connectivity index (χ2n) is 9.20. The minimum absolute atomic E-state index is 0.139. The van der Waals surface area contributed by atoms with Crippen LogP contribution in [0.2, 0.25) is 0 Å². The predicted molar refractivity (Wildman–Crippen MR) is 142 cm³/mol. The van der Waals surface area contributed by atoms with Gasteiger partial charge in [0.15, 0.2) is 0 Å². The standard InChI is InChI=1S/C28H31N3O4S/c1-19-15-17-22(18-16-19)36(34,35)31-25-14-8-12-23(20(25)2)27(32)30-26-13-7-6-11-24(26)28(33)29-21-9-4-3-5-10-21/h6-8,11-18,21,31H,3-5,9-10H2,1-2H3,(H,29,33)(H,30,32). The molecule has 0 atom stereocenters. The third-order valence-corrected chi connectivity index (χ3v) is 7.90. The number of nitrogens with one attached hydrogen (secondary N) is 3. The maximum atomic E-state index is 13.2. The van der Waals surface area contributed by atoms with Gasteiger partial charge in [-0.25, -0.2) is 8.42 Å². The number of amides is 2. The van der Waals surface area contributed by atoms with Gasteiger partial charge in [-0.1, -0.05) is 55.2 Å². The summed E-state index contributed by atoms with van der Waals surface area (Å²) in [5.41, 5.74) is 2.85. The van der Waals surface area contributed by atoms with Crippen molar-refractivity contribution in [3.63, 3.8) is 0 Å². The van der Waals surface area contributed by atoms with Crippen molar-refractivity contribution in [3.8, 4) is 0 Å². The molecule has 0 heterocycles. The quantitative estimate of drug-likeness (QED) is 0.399. The molecule has 0 bridgehead atoms. The molecule has 1 saturated carbocycles. The molecule has 0 spiro atoms. The van der Waals surface area contributed by atoms with Crippen LogP contribution in [0.4, 0.5) is 11.4 Å². The molecule has 0 unspecified atom stereocenters. The summed E-state index contributed by atoms with van der Waals surface area (Å²) in [4.78, 5) is 26.3. The molecule has 7 nitrogen and oxygen atoms in total. The summed E-state index contributed by atoms with van der Waals surface area (Å²) < 4.78 is 28.3. The van der Waals surface area contributed by atoms with E-state index < -0.39 is 15.9 Å². The molecular weight excluding hydrogens is 474 g/mol. The van der Waals surface area contributed by atoms with E-state index in [1.54, 1.807) is 73.7 Å². The fourth-order valence-corrected chi connectivity index (χ4v) is 5.53. The minimum Gasteiger partial charge on any atom is -0.349 e. The second-order valence-corrected chi connectivity index (χ2v) is 10.9. The van der Waals surface area contributed by atoms with Crippen molar-refractivity contribution in [2.75, 3.05) is 10.0 Å². The average molecular weight is 506 g/mol. The van der Waals surface area contributed by atoms with E-state index in [0.717, 1.165) is 31.2 Å². The van der Waals surface area contributed by atoms with E-state index in [2.05, 4.69) is 15.4 Å². The largest absolute Gasteiger partial charge is 0.349 e. The van der Waals surface area contributed by atoms with Crippen molar-refractivity contribution in [2.24, 2.45) is 0 Å². The molecule has 0 aromatic heterocycles. The van der Waals surface area contributed by atoms with Gasteiger partial charge < -0.3 is 10.6 Å². The fourth-order valence-electron chi connectivity index (χ4n) is 4.40. The van der Waals surface area contributed by atoms with Gasteiger partial charge in [0.1, 0.15) is 0 Å². The van der Waals surface area contributed by atoms with Crippen molar-refractivity contribution in [2.45, 2.75) is 56.9 Å². The Kier molecular flexibility index (Phi) is 7.74. The summed E-state index contributed by atoms with van der Waals surface area (Å²) in [7, 11) is -3.82. The lowest BCUT2D eigenvalue weighted by Crippen LogP contribution is -2.36. The van der Waals surface area contributed by atoms with Crippen LogP contribution in [-0.4, -0.2) is 26.3 Å². The van der Waals surface area contributed by atoms with Crippen LogP contribution >= 0.6 is 0 Å². The monoisotopic (exact) mass is 505 g/mol. The Morgan fingerprint density at radius 2 is 1.39 bits per heavy atom. The first-order valence-corrected chi connectivity index (χ1v) is 13.6. The van der Waals surface area contributed by atoms with Crippen LogP contribution in [0, 0.1) is 13.8 Å². The lowest BCUT2D eigenvalue weighted by Gasteiger charge is -2.23. The Morgan fingerprint density at radius 1 is 0.750 bits per heavy atom. The number of hydrogen-bond acceptors (Lipinski definition) is 4. The molecule has 2 amide bonds. The minimum atomic E-state index is -3.82. The van der Waals surface area contributed by atoms with Crippen molar-refractivity contribution in [1.82, 2.24) is 5.32 Å². The fraction of sp³-hybridized carbons (Fsp3) is 0.286. The molecule has 36 heavy (non-hydrogen) atoms. The van der Waals surface area contributed by atoms with E-state index in [4.69, 9.17) is 0 Å². The number of benzene rings is 3. The highest BCUT2D eigenvalue weighted by atomic mass is 32.2. The second kappa shape index (κ2) is 11.0. The van der Waals surface area contributed by atoms with Crippen LogP contribution in [0.3, 0.4) is 0 Å². The van der Waals surface area contributed by atoms with Gasteiger partial charge in [0, 0.05) is 11.6 Å². The van der Waals surface area contributed by atoms with Crippen LogP contribution in [0.5, 0.6) is 0 Å². The van der Waals surface area contributed by atoms with Crippen LogP contribution in [-0.2, 0) is 10.0 Å². The normalized spacial score (nSPS) is 14.2. The van der Waals surface area contributed by atoms with Gasteiger partial charge in [-0.3, -0.25) is 14.3 Å². The third-order valence-electron chi connectivity index (χ3n) is 6.51. The molecule has 0 aliphatic heterocycles. The first-order chi connectivity index (χ1) is 17.2. The molecular formula is C28H31N3O4S. The lowest BCUT2D eigenvalue weighted by atomic mass is 9.95. The van der Waals surface area contributed by atoms with E-state index in [9.17, 15) is 18.0 Å². The Balaban J connectivity index is 1.52. The van der Waals surface area contributed by atoms with Gasteiger partial charge >= 0.3 is 0 Å². The molecule has 3 aromatic carbocycles. The number of aryl methyl sites for hydroxylation is 1. The summed E-state index contributed by atoms with van der Waals surface area (Å²) in [6, 6.07) is 18.4. The zero-order chi connectivity index (χ0) is 25.7. The number of sulfonamides is 1. The highest BCUT2D eigenvalue weighted by molar-refractivity contribution is 7.92. The van der Waals surface area contributed by atoms with Gasteiger partial charge in [-0.2, -0.15) is 0 Å². The van der Waals surface area contributed by atoms with Gasteiger partial charge in [0.2, 0.25) is 0 Å². The van der Waals surface area contributed by atoms with Crippen molar-refractivity contribution in [1.29, 1.82) is 0 Å². The van der Waals surface area contributed by atoms with Crippen LogP contribution in [0.1, 0.15) is 63.9 Å². The number of para-hydroxylation sites is 1. The zero-order valence-corrected chi connectivity index (χ0v) is 21.3. The number of hydrogen-bond donors (Lipinski definition) is 3. The molecule has 188 valence electrons. The molecule has 3 aromatic rings. The number of anilines is 2. The number of carbonyl (C=O) groups excluding carboxylic acids is 2. The Bertz CT molecular complexity index is 1360. The van der Waals surface area contributed by atoms with Gasteiger partial charge in [-0.15, -0.1) is 0 Å². The molecule has 3 N–H and O–H groups in total. The maximum absolute atomic E-state index is 13.2. The molecule has 1 aliphatic carbocycles. The van der Waals surface area contributed by atoms with Crippen LogP contribution < -0.4 is 15.4 Å². The van der Waals surface area contributed by atoms with Crippen molar-refractivity contribution >= 4 is 33.2 Å². The van der Waals surface area contributed by atoms with E-state index in [-0.39, 0.29) is 16.8 Å². The van der Waals surface area contributed by atoms with Gasteiger partial charge in [0.25, 0.3) is 21.8 Å². The first-order valence-electron chi connectivity index (χ1n) is 12.1. The van der Waals surface area contributed by atoms with Crippen LogP contribution in [0.25, 0.3) is 0 Å². The first kappa shape index (κ1) is 25.4. The Morgan fingerprint density at radius 3 is 2.11 bits per heavy atom. The zero-order valence-electron chi connectivity index (χ0n) is 20.5. The SMILES string of the molecule is Cc1ccc(S(=O)(=O)Nc2cccc(C(=O)Nc3ccccc3C(=O)NC3CCCCC3)c2C)cc1.